The second-order valence-corrected chi connectivity index (χ2v) is 4.91. The van der Waals surface area contributed by atoms with Gasteiger partial charge in [-0.05, 0) is 36.4 Å². The summed E-state index contributed by atoms with van der Waals surface area (Å²) in [6, 6.07) is 11.9. The molecule has 3 aromatic rings. The van der Waals surface area contributed by atoms with E-state index in [4.69, 9.17) is 5.73 Å². The largest absolute Gasteiger partial charge is 0.399 e. The lowest BCUT2D eigenvalue weighted by atomic mass is 10.3. The number of nitrogens with zero attached hydrogens (tertiary/aromatic N) is 1. The predicted octanol–water partition coefficient (Wildman–Crippen LogP) is 3.76. The number of thiazole rings is 1. The topological polar surface area (TPSA) is 50.9 Å². The van der Waals surface area contributed by atoms with Gasteiger partial charge in [0.15, 0.2) is 5.13 Å². The number of halogens is 1. The van der Waals surface area contributed by atoms with E-state index in [1.807, 2.05) is 18.2 Å². The van der Waals surface area contributed by atoms with Crippen LogP contribution in [0.15, 0.2) is 42.5 Å². The Hall–Kier alpha value is -2.14. The van der Waals surface area contributed by atoms with Gasteiger partial charge >= 0.3 is 0 Å². The molecular formula is C13H10FN3S. The summed E-state index contributed by atoms with van der Waals surface area (Å²) in [5.74, 6) is -0.273. The van der Waals surface area contributed by atoms with E-state index in [1.165, 1.54) is 23.5 Å². The van der Waals surface area contributed by atoms with Gasteiger partial charge in [0.1, 0.15) is 5.82 Å². The molecule has 0 aliphatic rings. The Kier molecular flexibility index (Phi) is 2.60. The standard InChI is InChI=1S/C13H10FN3S/c14-8-2-1-3-10(6-8)16-13-17-11-5-4-9(15)7-12(11)18-13/h1-7H,15H2,(H,16,17). The van der Waals surface area contributed by atoms with Gasteiger partial charge in [0.2, 0.25) is 0 Å². The number of anilines is 3. The molecule has 0 spiro atoms. The first-order valence-corrected chi connectivity index (χ1v) is 6.21. The fraction of sp³-hybridized carbons (Fsp3) is 0. The Balaban J connectivity index is 1.95. The average Bonchev–Trinajstić information content (AvgIpc) is 2.70. The maximum Gasteiger partial charge on any atom is 0.188 e. The summed E-state index contributed by atoms with van der Waals surface area (Å²) in [6.07, 6.45) is 0. The van der Waals surface area contributed by atoms with Crippen LogP contribution in [0.2, 0.25) is 0 Å². The lowest BCUT2D eigenvalue weighted by molar-refractivity contribution is 0.628. The summed E-state index contributed by atoms with van der Waals surface area (Å²) in [6.45, 7) is 0. The number of nitrogen functional groups attached to an aromatic ring is 1. The molecule has 0 aliphatic heterocycles. The van der Waals surface area contributed by atoms with Crippen LogP contribution in [0.1, 0.15) is 0 Å². The van der Waals surface area contributed by atoms with E-state index in [9.17, 15) is 4.39 Å². The van der Waals surface area contributed by atoms with E-state index in [-0.39, 0.29) is 5.82 Å². The Morgan fingerprint density at radius 2 is 2.06 bits per heavy atom. The van der Waals surface area contributed by atoms with Crippen LogP contribution >= 0.6 is 11.3 Å². The summed E-state index contributed by atoms with van der Waals surface area (Å²) in [5.41, 5.74) is 7.99. The van der Waals surface area contributed by atoms with Crippen LogP contribution in [-0.2, 0) is 0 Å². The number of fused-ring (bicyclic) bond motifs is 1. The van der Waals surface area contributed by atoms with Gasteiger partial charge in [-0.25, -0.2) is 9.37 Å². The van der Waals surface area contributed by atoms with E-state index in [0.717, 1.165) is 15.3 Å². The third-order valence-corrected chi connectivity index (χ3v) is 3.42. The third kappa shape index (κ3) is 2.12. The SMILES string of the molecule is Nc1ccc2nc(Nc3cccc(F)c3)sc2c1. The van der Waals surface area contributed by atoms with Crippen molar-refractivity contribution in [1.82, 2.24) is 4.98 Å². The van der Waals surface area contributed by atoms with Crippen molar-refractivity contribution in [3.63, 3.8) is 0 Å². The summed E-state index contributed by atoms with van der Waals surface area (Å²) in [5, 5.41) is 3.80. The number of rotatable bonds is 2. The molecule has 0 saturated carbocycles. The number of nitrogens with two attached hydrogens (primary N) is 1. The summed E-state index contributed by atoms with van der Waals surface area (Å²) < 4.78 is 14.1. The third-order valence-electron chi connectivity index (χ3n) is 2.49. The van der Waals surface area contributed by atoms with E-state index < -0.39 is 0 Å². The van der Waals surface area contributed by atoms with Gasteiger partial charge in [-0.2, -0.15) is 0 Å². The van der Waals surface area contributed by atoms with Crippen LogP contribution in [0.3, 0.4) is 0 Å². The Morgan fingerprint density at radius 1 is 1.17 bits per heavy atom. The predicted molar refractivity (Wildman–Crippen MR) is 73.7 cm³/mol. The Labute approximate surface area is 107 Å². The molecule has 18 heavy (non-hydrogen) atoms. The molecule has 3 N–H and O–H groups in total. The summed E-state index contributed by atoms with van der Waals surface area (Å²) >= 11 is 1.49. The van der Waals surface area contributed by atoms with Crippen molar-refractivity contribution in [3.8, 4) is 0 Å². The monoisotopic (exact) mass is 259 g/mol. The quantitative estimate of drug-likeness (QED) is 0.689. The minimum atomic E-state index is -0.273. The van der Waals surface area contributed by atoms with Crippen molar-refractivity contribution >= 4 is 38.1 Å². The zero-order valence-electron chi connectivity index (χ0n) is 9.35. The van der Waals surface area contributed by atoms with Gasteiger partial charge in [0.05, 0.1) is 10.2 Å². The highest BCUT2D eigenvalue weighted by atomic mass is 32.1. The average molecular weight is 259 g/mol. The van der Waals surface area contributed by atoms with Crippen molar-refractivity contribution in [2.24, 2.45) is 0 Å². The molecule has 3 rings (SSSR count). The molecular weight excluding hydrogens is 249 g/mol. The second kappa shape index (κ2) is 4.27. The van der Waals surface area contributed by atoms with Crippen molar-refractivity contribution < 1.29 is 4.39 Å². The molecule has 0 bridgehead atoms. The molecule has 0 atom stereocenters. The maximum absolute atomic E-state index is 13.1. The highest BCUT2D eigenvalue weighted by Gasteiger charge is 2.04. The van der Waals surface area contributed by atoms with E-state index in [0.29, 0.717) is 11.4 Å². The molecule has 90 valence electrons. The van der Waals surface area contributed by atoms with Crippen LogP contribution in [0, 0.1) is 5.82 Å². The molecule has 0 amide bonds. The summed E-state index contributed by atoms with van der Waals surface area (Å²) in [7, 11) is 0. The molecule has 2 aromatic carbocycles. The molecule has 3 nitrogen and oxygen atoms in total. The molecule has 1 aromatic heterocycles. The number of benzene rings is 2. The van der Waals surface area contributed by atoms with Gasteiger partial charge in [0, 0.05) is 11.4 Å². The lowest BCUT2D eigenvalue weighted by Crippen LogP contribution is -1.89. The maximum atomic E-state index is 13.1. The van der Waals surface area contributed by atoms with Crippen LogP contribution in [-0.4, -0.2) is 4.98 Å². The van der Waals surface area contributed by atoms with Crippen LogP contribution in [0.5, 0.6) is 0 Å². The normalized spacial score (nSPS) is 10.7. The zero-order chi connectivity index (χ0) is 12.5. The first kappa shape index (κ1) is 11.0. The van der Waals surface area contributed by atoms with Gasteiger partial charge in [-0.3, -0.25) is 0 Å². The van der Waals surface area contributed by atoms with Gasteiger partial charge in [-0.15, -0.1) is 0 Å². The summed E-state index contributed by atoms with van der Waals surface area (Å²) in [4.78, 5) is 4.41. The van der Waals surface area contributed by atoms with E-state index >= 15 is 0 Å². The van der Waals surface area contributed by atoms with Crippen molar-refractivity contribution in [2.75, 3.05) is 11.1 Å². The fourth-order valence-corrected chi connectivity index (χ4v) is 2.62. The minimum Gasteiger partial charge on any atom is -0.399 e. The van der Waals surface area contributed by atoms with Crippen LogP contribution in [0.25, 0.3) is 10.2 Å². The van der Waals surface area contributed by atoms with Crippen LogP contribution in [0.4, 0.5) is 20.9 Å². The fourth-order valence-electron chi connectivity index (χ4n) is 1.68. The molecule has 0 radical (unpaired) electrons. The number of hydrogen-bond donors (Lipinski definition) is 2. The molecule has 0 saturated heterocycles. The molecule has 1 heterocycles. The smallest absolute Gasteiger partial charge is 0.188 e. The number of aromatic nitrogens is 1. The number of hydrogen-bond acceptors (Lipinski definition) is 4. The molecule has 0 aliphatic carbocycles. The number of nitrogens with one attached hydrogen (secondary N) is 1. The molecule has 5 heteroatoms. The Bertz CT molecular complexity index is 708. The lowest BCUT2D eigenvalue weighted by Gasteiger charge is -2.01. The van der Waals surface area contributed by atoms with Gasteiger partial charge in [-0.1, -0.05) is 17.4 Å². The van der Waals surface area contributed by atoms with E-state index in [2.05, 4.69) is 10.3 Å². The minimum absolute atomic E-state index is 0.273. The van der Waals surface area contributed by atoms with Gasteiger partial charge in [0.25, 0.3) is 0 Å². The van der Waals surface area contributed by atoms with E-state index in [1.54, 1.807) is 12.1 Å². The van der Waals surface area contributed by atoms with Crippen LogP contribution < -0.4 is 11.1 Å². The second-order valence-electron chi connectivity index (χ2n) is 3.88. The highest BCUT2D eigenvalue weighted by Crippen LogP contribution is 2.29. The Morgan fingerprint density at radius 3 is 2.89 bits per heavy atom. The van der Waals surface area contributed by atoms with Crippen molar-refractivity contribution in [2.45, 2.75) is 0 Å². The molecule has 0 fully saturated rings. The zero-order valence-corrected chi connectivity index (χ0v) is 10.2. The highest BCUT2D eigenvalue weighted by molar-refractivity contribution is 7.22. The molecule has 0 unspecified atom stereocenters. The first-order valence-electron chi connectivity index (χ1n) is 5.39. The van der Waals surface area contributed by atoms with Gasteiger partial charge < -0.3 is 11.1 Å². The van der Waals surface area contributed by atoms with Crippen molar-refractivity contribution in [1.29, 1.82) is 0 Å². The van der Waals surface area contributed by atoms with Crippen molar-refractivity contribution in [3.05, 3.63) is 48.3 Å². The first-order chi connectivity index (χ1) is 8.70.